The number of pyridine rings is 1. The van der Waals surface area contributed by atoms with Gasteiger partial charge in [0.25, 0.3) is 5.91 Å². The summed E-state index contributed by atoms with van der Waals surface area (Å²) in [4.78, 5) is 18.2. The third kappa shape index (κ3) is 3.40. The van der Waals surface area contributed by atoms with Crippen molar-refractivity contribution >= 4 is 16.8 Å². The number of fused-ring (bicyclic) bond motifs is 2. The molecule has 3 aromatic carbocycles. The zero-order valence-corrected chi connectivity index (χ0v) is 16.1. The number of carbonyl (C=O) groups excluding carboxylic acids is 1. The number of rotatable bonds is 3. The van der Waals surface area contributed by atoms with Crippen molar-refractivity contribution in [2.24, 2.45) is 0 Å². The first-order valence-corrected chi connectivity index (χ1v) is 10.1. The molecule has 0 saturated carbocycles. The van der Waals surface area contributed by atoms with Crippen LogP contribution < -0.4 is 5.32 Å². The van der Waals surface area contributed by atoms with Gasteiger partial charge in [-0.1, -0.05) is 72.8 Å². The lowest BCUT2D eigenvalue weighted by molar-refractivity contribution is 0.0934. The molecule has 29 heavy (non-hydrogen) atoms. The summed E-state index contributed by atoms with van der Waals surface area (Å²) in [5.41, 5.74) is 5.93. The fraction of sp³-hybridized carbons (Fsp3) is 0.154. The summed E-state index contributed by atoms with van der Waals surface area (Å²) in [5, 5.41) is 4.18. The Hall–Kier alpha value is -3.46. The molecule has 142 valence electrons. The lowest BCUT2D eigenvalue weighted by Gasteiger charge is -2.26. The number of benzene rings is 3. The van der Waals surface area contributed by atoms with Crippen LogP contribution in [0.1, 0.15) is 40.4 Å². The van der Waals surface area contributed by atoms with E-state index >= 15 is 0 Å². The first-order valence-electron chi connectivity index (χ1n) is 10.1. The third-order valence-corrected chi connectivity index (χ3v) is 5.71. The first-order chi connectivity index (χ1) is 14.3. The van der Waals surface area contributed by atoms with Crippen LogP contribution in [-0.4, -0.2) is 10.9 Å². The number of amides is 1. The van der Waals surface area contributed by atoms with Gasteiger partial charge in [0, 0.05) is 10.9 Å². The number of hydrogen-bond acceptors (Lipinski definition) is 2. The molecular formula is C26H22N2O. The Bertz CT molecular complexity index is 1180. The molecule has 1 N–H and O–H groups in total. The number of hydrogen-bond donors (Lipinski definition) is 1. The van der Waals surface area contributed by atoms with Crippen molar-refractivity contribution in [3.63, 3.8) is 0 Å². The second-order valence-corrected chi connectivity index (χ2v) is 7.56. The topological polar surface area (TPSA) is 42.0 Å². The molecule has 0 radical (unpaired) electrons. The van der Waals surface area contributed by atoms with Crippen molar-refractivity contribution in [3.8, 4) is 11.3 Å². The Morgan fingerprint density at radius 3 is 2.55 bits per heavy atom. The third-order valence-electron chi connectivity index (χ3n) is 5.71. The Labute approximate surface area is 170 Å². The number of nitrogens with one attached hydrogen (secondary N) is 1. The van der Waals surface area contributed by atoms with Gasteiger partial charge in [0.2, 0.25) is 0 Å². The highest BCUT2D eigenvalue weighted by molar-refractivity contribution is 6.07. The van der Waals surface area contributed by atoms with Crippen LogP contribution >= 0.6 is 0 Å². The molecule has 0 unspecified atom stereocenters. The minimum atomic E-state index is -0.0394. The summed E-state index contributed by atoms with van der Waals surface area (Å²) >= 11 is 0. The number of para-hydroxylation sites is 1. The number of aryl methyl sites for hydroxylation is 1. The Kier molecular flexibility index (Phi) is 4.57. The highest BCUT2D eigenvalue weighted by Gasteiger charge is 2.23. The van der Waals surface area contributed by atoms with Crippen LogP contribution in [0.5, 0.6) is 0 Å². The molecule has 5 rings (SSSR count). The van der Waals surface area contributed by atoms with Gasteiger partial charge >= 0.3 is 0 Å². The monoisotopic (exact) mass is 378 g/mol. The van der Waals surface area contributed by atoms with Gasteiger partial charge in [0.15, 0.2) is 0 Å². The molecule has 1 atom stereocenters. The van der Waals surface area contributed by atoms with E-state index in [1.165, 1.54) is 11.1 Å². The molecule has 1 amide bonds. The van der Waals surface area contributed by atoms with Gasteiger partial charge in [0.1, 0.15) is 0 Å². The SMILES string of the molecule is O=C(N[C@H]1CCCc2ccccc21)c1cc(-c2ccccc2)nc2ccccc12. The molecule has 3 nitrogen and oxygen atoms in total. The van der Waals surface area contributed by atoms with Crippen molar-refractivity contribution in [3.05, 3.63) is 102 Å². The largest absolute Gasteiger partial charge is 0.345 e. The van der Waals surface area contributed by atoms with E-state index in [1.807, 2.05) is 60.7 Å². The van der Waals surface area contributed by atoms with Crippen molar-refractivity contribution < 1.29 is 4.79 Å². The van der Waals surface area contributed by atoms with Gasteiger partial charge < -0.3 is 5.32 Å². The van der Waals surface area contributed by atoms with Crippen LogP contribution in [-0.2, 0) is 6.42 Å². The molecule has 1 heterocycles. The number of aromatic nitrogens is 1. The maximum atomic E-state index is 13.4. The summed E-state index contributed by atoms with van der Waals surface area (Å²) in [6, 6.07) is 28.3. The summed E-state index contributed by atoms with van der Waals surface area (Å²) in [7, 11) is 0. The van der Waals surface area contributed by atoms with E-state index in [0.29, 0.717) is 5.56 Å². The van der Waals surface area contributed by atoms with E-state index in [4.69, 9.17) is 4.98 Å². The van der Waals surface area contributed by atoms with Crippen LogP contribution in [0.3, 0.4) is 0 Å². The van der Waals surface area contributed by atoms with Gasteiger partial charge in [0.05, 0.1) is 22.8 Å². The second kappa shape index (κ2) is 7.51. The van der Waals surface area contributed by atoms with Crippen molar-refractivity contribution in [1.29, 1.82) is 0 Å². The van der Waals surface area contributed by atoms with Gasteiger partial charge in [-0.2, -0.15) is 0 Å². The summed E-state index contributed by atoms with van der Waals surface area (Å²) in [6.07, 6.45) is 3.14. The summed E-state index contributed by atoms with van der Waals surface area (Å²) in [5.74, 6) is -0.0394. The molecule has 1 aliphatic carbocycles. The maximum absolute atomic E-state index is 13.4. The Morgan fingerprint density at radius 2 is 1.66 bits per heavy atom. The van der Waals surface area contributed by atoms with E-state index in [9.17, 15) is 4.79 Å². The average molecular weight is 378 g/mol. The Morgan fingerprint density at radius 1 is 0.897 bits per heavy atom. The van der Waals surface area contributed by atoms with E-state index in [-0.39, 0.29) is 11.9 Å². The highest BCUT2D eigenvalue weighted by Crippen LogP contribution is 2.31. The molecule has 0 fully saturated rings. The van der Waals surface area contributed by atoms with Crippen molar-refractivity contribution in [1.82, 2.24) is 10.3 Å². The molecular weight excluding hydrogens is 356 g/mol. The molecule has 3 heteroatoms. The average Bonchev–Trinajstić information content (AvgIpc) is 2.79. The molecule has 1 aliphatic rings. The maximum Gasteiger partial charge on any atom is 0.252 e. The predicted molar refractivity (Wildman–Crippen MR) is 117 cm³/mol. The van der Waals surface area contributed by atoms with Crippen molar-refractivity contribution in [2.45, 2.75) is 25.3 Å². The van der Waals surface area contributed by atoms with Gasteiger partial charge in [-0.25, -0.2) is 4.98 Å². The first kappa shape index (κ1) is 17.6. The zero-order valence-electron chi connectivity index (χ0n) is 16.1. The molecule has 1 aromatic heterocycles. The molecule has 0 bridgehead atoms. The van der Waals surface area contributed by atoms with E-state index in [0.717, 1.165) is 41.4 Å². The van der Waals surface area contributed by atoms with Crippen LogP contribution in [0.4, 0.5) is 0 Å². The molecule has 0 aliphatic heterocycles. The van der Waals surface area contributed by atoms with Gasteiger partial charge in [-0.3, -0.25) is 4.79 Å². The fourth-order valence-electron chi connectivity index (χ4n) is 4.26. The van der Waals surface area contributed by atoms with E-state index in [1.54, 1.807) is 0 Å². The molecule has 0 spiro atoms. The molecule has 0 saturated heterocycles. The zero-order chi connectivity index (χ0) is 19.6. The Balaban J connectivity index is 1.55. The smallest absolute Gasteiger partial charge is 0.252 e. The lowest BCUT2D eigenvalue weighted by atomic mass is 9.87. The van der Waals surface area contributed by atoms with Gasteiger partial charge in [-0.15, -0.1) is 0 Å². The van der Waals surface area contributed by atoms with Crippen LogP contribution in [0.2, 0.25) is 0 Å². The minimum Gasteiger partial charge on any atom is -0.345 e. The highest BCUT2D eigenvalue weighted by atomic mass is 16.1. The van der Waals surface area contributed by atoms with Crippen LogP contribution in [0, 0.1) is 0 Å². The number of nitrogens with zero attached hydrogens (tertiary/aromatic N) is 1. The molecule has 4 aromatic rings. The van der Waals surface area contributed by atoms with Gasteiger partial charge in [-0.05, 0) is 42.5 Å². The van der Waals surface area contributed by atoms with E-state index in [2.05, 4.69) is 29.6 Å². The standard InChI is InChI=1S/C26H22N2O/c29-26(28-23-16-8-12-18-9-4-5-13-20(18)23)22-17-25(19-10-2-1-3-11-19)27-24-15-7-6-14-21(22)24/h1-7,9-11,13-15,17,23H,8,12,16H2,(H,28,29)/t23-/m0/s1. The normalized spacial score (nSPS) is 15.7. The van der Waals surface area contributed by atoms with Crippen molar-refractivity contribution in [2.75, 3.05) is 0 Å². The summed E-state index contributed by atoms with van der Waals surface area (Å²) in [6.45, 7) is 0. The fourth-order valence-corrected chi connectivity index (χ4v) is 4.26. The second-order valence-electron chi connectivity index (χ2n) is 7.56. The summed E-state index contributed by atoms with van der Waals surface area (Å²) < 4.78 is 0. The van der Waals surface area contributed by atoms with Crippen LogP contribution in [0.15, 0.2) is 84.9 Å². The van der Waals surface area contributed by atoms with Crippen LogP contribution in [0.25, 0.3) is 22.2 Å². The number of carbonyl (C=O) groups is 1. The van der Waals surface area contributed by atoms with E-state index < -0.39 is 0 Å². The lowest BCUT2D eigenvalue weighted by Crippen LogP contribution is -2.31. The minimum absolute atomic E-state index is 0.0394. The quantitative estimate of drug-likeness (QED) is 0.496. The predicted octanol–water partition coefficient (Wildman–Crippen LogP) is 5.71.